The first-order chi connectivity index (χ1) is 13.2. The number of carbonyl (C=O) groups is 2. The van der Waals surface area contributed by atoms with E-state index in [0.717, 1.165) is 5.56 Å². The van der Waals surface area contributed by atoms with E-state index in [9.17, 15) is 18.0 Å². The molecule has 0 unspecified atom stereocenters. The van der Waals surface area contributed by atoms with Crippen LogP contribution in [-0.2, 0) is 24.3 Å². The number of nitrogens with one attached hydrogen (secondary N) is 1. The monoisotopic (exact) mass is 404 g/mol. The van der Waals surface area contributed by atoms with E-state index in [-0.39, 0.29) is 10.9 Å². The van der Waals surface area contributed by atoms with Gasteiger partial charge in [0.25, 0.3) is 5.91 Å². The van der Waals surface area contributed by atoms with Crippen LogP contribution in [0.1, 0.15) is 19.4 Å². The first-order valence-electron chi connectivity index (χ1n) is 8.80. The summed E-state index contributed by atoms with van der Waals surface area (Å²) in [6, 6.07) is 15.1. The van der Waals surface area contributed by atoms with Crippen molar-refractivity contribution in [2.24, 2.45) is 0 Å². The third-order valence-corrected chi connectivity index (χ3v) is 5.33. The summed E-state index contributed by atoms with van der Waals surface area (Å²) in [5.74, 6) is -1.23. The van der Waals surface area contributed by atoms with Gasteiger partial charge in [0.1, 0.15) is 6.54 Å². The summed E-state index contributed by atoms with van der Waals surface area (Å²) in [5, 5.41) is 0. The first-order valence-corrected chi connectivity index (χ1v) is 10.3. The van der Waals surface area contributed by atoms with Crippen molar-refractivity contribution in [1.82, 2.24) is 4.72 Å². The minimum absolute atomic E-state index is 0.0528. The highest BCUT2D eigenvalue weighted by Gasteiger charge is 2.21. The SMILES string of the molecule is Cc1ccc(S(=O)(=O)NCC(=O)OCC(=O)N(c2ccccc2)C(C)C)cc1. The van der Waals surface area contributed by atoms with Gasteiger partial charge in [0.2, 0.25) is 10.0 Å². The summed E-state index contributed by atoms with van der Waals surface area (Å²) in [6.07, 6.45) is 0. The molecule has 0 bridgehead atoms. The Morgan fingerprint density at radius 2 is 1.64 bits per heavy atom. The van der Waals surface area contributed by atoms with Gasteiger partial charge >= 0.3 is 5.97 Å². The molecule has 0 atom stereocenters. The molecule has 1 amide bonds. The van der Waals surface area contributed by atoms with Crippen molar-refractivity contribution in [3.63, 3.8) is 0 Å². The second-order valence-corrected chi connectivity index (χ2v) is 8.26. The fraction of sp³-hybridized carbons (Fsp3) is 0.300. The third kappa shape index (κ3) is 5.90. The molecule has 0 aliphatic carbocycles. The lowest BCUT2D eigenvalue weighted by Gasteiger charge is -2.26. The average molecular weight is 404 g/mol. The average Bonchev–Trinajstić information content (AvgIpc) is 2.66. The molecule has 2 rings (SSSR count). The van der Waals surface area contributed by atoms with Crippen LogP contribution in [0.15, 0.2) is 59.5 Å². The Bertz CT molecular complexity index is 909. The van der Waals surface area contributed by atoms with Gasteiger partial charge in [0.05, 0.1) is 4.90 Å². The van der Waals surface area contributed by atoms with Gasteiger partial charge in [-0.2, -0.15) is 4.72 Å². The number of amides is 1. The van der Waals surface area contributed by atoms with Crippen LogP contribution < -0.4 is 9.62 Å². The van der Waals surface area contributed by atoms with E-state index in [1.54, 1.807) is 24.3 Å². The summed E-state index contributed by atoms with van der Waals surface area (Å²) in [6.45, 7) is 4.51. The van der Waals surface area contributed by atoms with Crippen LogP contribution >= 0.6 is 0 Å². The topological polar surface area (TPSA) is 92.8 Å². The second kappa shape index (κ2) is 9.48. The Hall–Kier alpha value is -2.71. The van der Waals surface area contributed by atoms with Gasteiger partial charge in [0, 0.05) is 11.7 Å². The van der Waals surface area contributed by atoms with Gasteiger partial charge in [0.15, 0.2) is 6.61 Å². The number of hydrogen-bond acceptors (Lipinski definition) is 5. The third-order valence-electron chi connectivity index (χ3n) is 3.91. The zero-order valence-electron chi connectivity index (χ0n) is 16.1. The number of aryl methyl sites for hydroxylation is 1. The number of ether oxygens (including phenoxy) is 1. The lowest BCUT2D eigenvalue weighted by Crippen LogP contribution is -2.40. The van der Waals surface area contributed by atoms with Gasteiger partial charge in [-0.3, -0.25) is 9.59 Å². The highest BCUT2D eigenvalue weighted by Crippen LogP contribution is 2.16. The van der Waals surface area contributed by atoms with Crippen molar-refractivity contribution in [1.29, 1.82) is 0 Å². The molecule has 0 aliphatic heterocycles. The molecule has 28 heavy (non-hydrogen) atoms. The zero-order chi connectivity index (χ0) is 20.7. The van der Waals surface area contributed by atoms with E-state index in [1.165, 1.54) is 17.0 Å². The molecule has 0 saturated carbocycles. The summed E-state index contributed by atoms with van der Waals surface area (Å²) >= 11 is 0. The molecule has 0 aromatic heterocycles. The molecule has 8 heteroatoms. The smallest absolute Gasteiger partial charge is 0.321 e. The molecular weight excluding hydrogens is 380 g/mol. The predicted octanol–water partition coefficient (Wildman–Crippen LogP) is 2.26. The number of para-hydroxylation sites is 1. The van der Waals surface area contributed by atoms with E-state index in [2.05, 4.69) is 4.72 Å². The molecule has 0 fully saturated rings. The quantitative estimate of drug-likeness (QED) is 0.681. The van der Waals surface area contributed by atoms with Gasteiger partial charge in [-0.05, 0) is 45.0 Å². The van der Waals surface area contributed by atoms with Gasteiger partial charge in [-0.25, -0.2) is 8.42 Å². The van der Waals surface area contributed by atoms with Crippen LogP contribution in [0.2, 0.25) is 0 Å². The fourth-order valence-corrected chi connectivity index (χ4v) is 3.51. The first kappa shape index (κ1) is 21.6. The number of esters is 1. The van der Waals surface area contributed by atoms with Crippen molar-refractivity contribution in [2.75, 3.05) is 18.1 Å². The lowest BCUT2D eigenvalue weighted by molar-refractivity contribution is -0.146. The molecule has 2 aromatic carbocycles. The maximum absolute atomic E-state index is 12.5. The molecular formula is C20H24N2O5S. The van der Waals surface area contributed by atoms with Gasteiger partial charge in [-0.15, -0.1) is 0 Å². The molecule has 0 saturated heterocycles. The molecule has 0 aliphatic rings. The highest BCUT2D eigenvalue weighted by molar-refractivity contribution is 7.89. The fourth-order valence-electron chi connectivity index (χ4n) is 2.54. The van der Waals surface area contributed by atoms with E-state index < -0.39 is 35.1 Å². The van der Waals surface area contributed by atoms with Crippen molar-refractivity contribution in [3.8, 4) is 0 Å². The van der Waals surface area contributed by atoms with Crippen LogP contribution in [0, 0.1) is 6.92 Å². The second-order valence-electron chi connectivity index (χ2n) is 6.49. The Kier molecular flexibility index (Phi) is 7.31. The van der Waals surface area contributed by atoms with Crippen molar-refractivity contribution < 1.29 is 22.7 Å². The Morgan fingerprint density at radius 3 is 2.21 bits per heavy atom. The number of hydrogen-bond donors (Lipinski definition) is 1. The molecule has 0 heterocycles. The molecule has 0 radical (unpaired) electrons. The molecule has 1 N–H and O–H groups in total. The van der Waals surface area contributed by atoms with E-state index >= 15 is 0 Å². The van der Waals surface area contributed by atoms with Crippen LogP contribution in [0.25, 0.3) is 0 Å². The molecule has 7 nitrogen and oxygen atoms in total. The van der Waals surface area contributed by atoms with E-state index in [1.807, 2.05) is 39.0 Å². The zero-order valence-corrected chi connectivity index (χ0v) is 16.9. The maximum Gasteiger partial charge on any atom is 0.321 e. The number of rotatable bonds is 8. The van der Waals surface area contributed by atoms with Crippen LogP contribution in [0.4, 0.5) is 5.69 Å². The normalized spacial score (nSPS) is 11.3. The van der Waals surface area contributed by atoms with Crippen LogP contribution in [-0.4, -0.2) is 39.5 Å². The standard InChI is InChI=1S/C20H24N2O5S/c1-15(2)22(17-7-5-4-6-8-17)19(23)14-27-20(24)13-21-28(25,26)18-11-9-16(3)10-12-18/h4-12,15,21H,13-14H2,1-3H3. The minimum atomic E-state index is -3.83. The summed E-state index contributed by atoms with van der Waals surface area (Å²) in [7, 11) is -3.83. The maximum atomic E-state index is 12.5. The van der Waals surface area contributed by atoms with Crippen molar-refractivity contribution in [3.05, 3.63) is 60.2 Å². The van der Waals surface area contributed by atoms with Gasteiger partial charge in [-0.1, -0.05) is 35.9 Å². The van der Waals surface area contributed by atoms with Gasteiger partial charge < -0.3 is 9.64 Å². The molecule has 2 aromatic rings. The van der Waals surface area contributed by atoms with Crippen molar-refractivity contribution in [2.45, 2.75) is 31.7 Å². The molecule has 150 valence electrons. The van der Waals surface area contributed by atoms with E-state index in [0.29, 0.717) is 5.69 Å². The summed E-state index contributed by atoms with van der Waals surface area (Å²) < 4.78 is 31.5. The van der Waals surface area contributed by atoms with E-state index in [4.69, 9.17) is 4.74 Å². The lowest BCUT2D eigenvalue weighted by atomic mass is 10.2. The van der Waals surface area contributed by atoms with Crippen LogP contribution in [0.3, 0.4) is 0 Å². The predicted molar refractivity (Wildman–Crippen MR) is 106 cm³/mol. The largest absolute Gasteiger partial charge is 0.455 e. The number of anilines is 1. The van der Waals surface area contributed by atoms with Crippen LogP contribution in [0.5, 0.6) is 0 Å². The summed E-state index contributed by atoms with van der Waals surface area (Å²) in [5.41, 5.74) is 1.61. The number of carbonyl (C=O) groups excluding carboxylic acids is 2. The highest BCUT2D eigenvalue weighted by atomic mass is 32.2. The number of benzene rings is 2. The van der Waals surface area contributed by atoms with Crippen molar-refractivity contribution >= 4 is 27.6 Å². The minimum Gasteiger partial charge on any atom is -0.455 e. The number of sulfonamides is 1. The molecule has 0 spiro atoms. The number of nitrogens with zero attached hydrogens (tertiary/aromatic N) is 1. The summed E-state index contributed by atoms with van der Waals surface area (Å²) in [4.78, 5) is 25.9. The Morgan fingerprint density at radius 1 is 1.04 bits per heavy atom. The Balaban J connectivity index is 1.90. The Labute approximate surface area is 165 Å².